The lowest BCUT2D eigenvalue weighted by Crippen LogP contribution is -2.51. The summed E-state index contributed by atoms with van der Waals surface area (Å²) in [5, 5.41) is 3.08. The lowest BCUT2D eigenvalue weighted by atomic mass is 10.0. The van der Waals surface area contributed by atoms with Crippen molar-refractivity contribution in [2.45, 2.75) is 39.7 Å². The van der Waals surface area contributed by atoms with Gasteiger partial charge in [0.2, 0.25) is 5.91 Å². The summed E-state index contributed by atoms with van der Waals surface area (Å²) in [7, 11) is 0. The summed E-state index contributed by atoms with van der Waals surface area (Å²) in [6.07, 6.45) is 2.30. The van der Waals surface area contributed by atoms with E-state index in [-0.39, 0.29) is 5.91 Å². The molecule has 1 aliphatic heterocycles. The van der Waals surface area contributed by atoms with E-state index < -0.39 is 0 Å². The molecule has 150 valence electrons. The Balaban J connectivity index is 1.41. The molecule has 4 heteroatoms. The van der Waals surface area contributed by atoms with Gasteiger partial charge < -0.3 is 5.32 Å². The summed E-state index contributed by atoms with van der Waals surface area (Å²) < 4.78 is 0. The number of carbonyl (C=O) groups excluding carboxylic acids is 1. The lowest BCUT2D eigenvalue weighted by molar-refractivity contribution is -0.117. The van der Waals surface area contributed by atoms with Crippen LogP contribution in [0.15, 0.2) is 48.5 Å². The fraction of sp³-hybridized carbons (Fsp3) is 0.458. The molecule has 4 nitrogen and oxygen atoms in total. The van der Waals surface area contributed by atoms with Crippen LogP contribution >= 0.6 is 0 Å². The molecule has 1 saturated heterocycles. The second kappa shape index (κ2) is 9.85. The zero-order valence-corrected chi connectivity index (χ0v) is 17.4. The summed E-state index contributed by atoms with van der Waals surface area (Å²) in [4.78, 5) is 17.3. The van der Waals surface area contributed by atoms with Gasteiger partial charge in [-0.1, -0.05) is 42.5 Å². The summed E-state index contributed by atoms with van der Waals surface area (Å²) in [5.74, 6) is 0.0827. The van der Waals surface area contributed by atoms with Gasteiger partial charge in [0.1, 0.15) is 0 Å². The maximum absolute atomic E-state index is 12.5. The van der Waals surface area contributed by atoms with Crippen LogP contribution in [0.4, 0.5) is 5.69 Å². The number of rotatable bonds is 7. The summed E-state index contributed by atoms with van der Waals surface area (Å²) in [6.45, 7) is 10.9. The molecule has 1 N–H and O–H groups in total. The molecule has 0 bridgehead atoms. The highest BCUT2D eigenvalue weighted by atomic mass is 16.2. The molecular formula is C24H33N3O. The molecule has 1 heterocycles. The van der Waals surface area contributed by atoms with Crippen molar-refractivity contribution in [2.75, 3.05) is 38.0 Å². The SMILES string of the molecule is Cc1cccc(NC(=O)CN2CCN(C(C)CCc3ccccc3)CC2)c1C. The van der Waals surface area contributed by atoms with Gasteiger partial charge in [-0.05, 0) is 56.4 Å². The quantitative estimate of drug-likeness (QED) is 0.793. The van der Waals surface area contributed by atoms with Crippen LogP contribution in [0, 0.1) is 13.8 Å². The molecule has 1 unspecified atom stereocenters. The largest absolute Gasteiger partial charge is 0.325 e. The van der Waals surface area contributed by atoms with E-state index in [0.29, 0.717) is 12.6 Å². The Hall–Kier alpha value is -2.17. The molecule has 1 atom stereocenters. The van der Waals surface area contributed by atoms with Gasteiger partial charge in [-0.15, -0.1) is 0 Å². The number of nitrogens with one attached hydrogen (secondary N) is 1. The van der Waals surface area contributed by atoms with Gasteiger partial charge in [0.05, 0.1) is 6.54 Å². The van der Waals surface area contributed by atoms with E-state index in [1.54, 1.807) is 0 Å². The van der Waals surface area contributed by atoms with E-state index in [4.69, 9.17) is 0 Å². The minimum absolute atomic E-state index is 0.0827. The molecule has 0 radical (unpaired) electrons. The van der Waals surface area contributed by atoms with Crippen molar-refractivity contribution in [1.29, 1.82) is 0 Å². The fourth-order valence-electron chi connectivity index (χ4n) is 3.84. The van der Waals surface area contributed by atoms with E-state index in [1.165, 1.54) is 17.5 Å². The first kappa shape index (κ1) is 20.6. The number of piperazine rings is 1. The van der Waals surface area contributed by atoms with Crippen LogP contribution < -0.4 is 5.32 Å². The molecule has 1 fully saturated rings. The Morgan fingerprint density at radius 3 is 2.43 bits per heavy atom. The molecular weight excluding hydrogens is 346 g/mol. The van der Waals surface area contributed by atoms with Crippen LogP contribution in [0.25, 0.3) is 0 Å². The monoisotopic (exact) mass is 379 g/mol. The molecule has 3 rings (SSSR count). The highest BCUT2D eigenvalue weighted by molar-refractivity contribution is 5.93. The van der Waals surface area contributed by atoms with Crippen LogP contribution in [0.1, 0.15) is 30.0 Å². The third kappa shape index (κ3) is 5.66. The van der Waals surface area contributed by atoms with Crippen molar-refractivity contribution in [1.82, 2.24) is 9.80 Å². The van der Waals surface area contributed by atoms with Crippen LogP contribution in [0.2, 0.25) is 0 Å². The molecule has 0 aromatic heterocycles. The van der Waals surface area contributed by atoms with Crippen LogP contribution in [0.5, 0.6) is 0 Å². The van der Waals surface area contributed by atoms with E-state index in [0.717, 1.165) is 43.9 Å². The molecule has 28 heavy (non-hydrogen) atoms. The average molecular weight is 380 g/mol. The van der Waals surface area contributed by atoms with Crippen molar-refractivity contribution in [3.8, 4) is 0 Å². The van der Waals surface area contributed by atoms with E-state index in [2.05, 4.69) is 72.3 Å². The molecule has 0 aliphatic carbocycles. The standard InChI is InChI=1S/C24H33N3O/c1-19-8-7-11-23(21(19)3)25-24(28)18-26-14-16-27(17-15-26)20(2)12-13-22-9-5-4-6-10-22/h4-11,20H,12-18H2,1-3H3,(H,25,28). The van der Waals surface area contributed by atoms with Crippen molar-refractivity contribution in [2.24, 2.45) is 0 Å². The summed E-state index contributed by atoms with van der Waals surface area (Å²) in [5.41, 5.74) is 4.69. The lowest BCUT2D eigenvalue weighted by Gasteiger charge is -2.37. The second-order valence-corrected chi connectivity index (χ2v) is 7.98. The van der Waals surface area contributed by atoms with Crippen LogP contribution in [0.3, 0.4) is 0 Å². The topological polar surface area (TPSA) is 35.6 Å². The van der Waals surface area contributed by atoms with Gasteiger partial charge in [0, 0.05) is 37.9 Å². The Bertz CT molecular complexity index is 767. The zero-order chi connectivity index (χ0) is 19.9. The number of hydrogen-bond donors (Lipinski definition) is 1. The number of carbonyl (C=O) groups is 1. The predicted octanol–water partition coefficient (Wildman–Crippen LogP) is 3.88. The first-order chi connectivity index (χ1) is 13.5. The Morgan fingerprint density at radius 1 is 1.00 bits per heavy atom. The van der Waals surface area contributed by atoms with Gasteiger partial charge in [0.15, 0.2) is 0 Å². The van der Waals surface area contributed by atoms with Gasteiger partial charge in [0.25, 0.3) is 0 Å². The predicted molar refractivity (Wildman–Crippen MR) is 117 cm³/mol. The van der Waals surface area contributed by atoms with Crippen molar-refractivity contribution in [3.63, 3.8) is 0 Å². The van der Waals surface area contributed by atoms with Crippen LogP contribution in [-0.4, -0.2) is 54.5 Å². The van der Waals surface area contributed by atoms with Gasteiger partial charge in [-0.25, -0.2) is 0 Å². The normalized spacial score (nSPS) is 16.7. The van der Waals surface area contributed by atoms with E-state index in [9.17, 15) is 4.79 Å². The van der Waals surface area contributed by atoms with E-state index >= 15 is 0 Å². The van der Waals surface area contributed by atoms with Crippen LogP contribution in [-0.2, 0) is 11.2 Å². The number of benzene rings is 2. The molecule has 1 aliphatic rings. The minimum atomic E-state index is 0.0827. The number of anilines is 1. The minimum Gasteiger partial charge on any atom is -0.325 e. The first-order valence-corrected chi connectivity index (χ1v) is 10.4. The first-order valence-electron chi connectivity index (χ1n) is 10.4. The number of nitrogens with zero attached hydrogens (tertiary/aromatic N) is 2. The summed E-state index contributed by atoms with van der Waals surface area (Å²) in [6, 6.07) is 17.3. The maximum atomic E-state index is 12.5. The third-order valence-corrected chi connectivity index (χ3v) is 5.97. The van der Waals surface area contributed by atoms with Gasteiger partial charge in [-0.2, -0.15) is 0 Å². The Kier molecular flexibility index (Phi) is 7.24. The Labute approximate surface area is 169 Å². The number of hydrogen-bond acceptors (Lipinski definition) is 3. The molecule has 0 spiro atoms. The zero-order valence-electron chi connectivity index (χ0n) is 17.4. The molecule has 2 aromatic rings. The van der Waals surface area contributed by atoms with Gasteiger partial charge >= 0.3 is 0 Å². The third-order valence-electron chi connectivity index (χ3n) is 5.97. The maximum Gasteiger partial charge on any atom is 0.238 e. The van der Waals surface area contributed by atoms with E-state index in [1.807, 2.05) is 12.1 Å². The Morgan fingerprint density at radius 2 is 1.71 bits per heavy atom. The van der Waals surface area contributed by atoms with Gasteiger partial charge in [-0.3, -0.25) is 14.6 Å². The fourth-order valence-corrected chi connectivity index (χ4v) is 3.84. The average Bonchev–Trinajstić information content (AvgIpc) is 2.71. The smallest absolute Gasteiger partial charge is 0.238 e. The molecule has 0 saturated carbocycles. The second-order valence-electron chi connectivity index (χ2n) is 7.98. The molecule has 1 amide bonds. The highest BCUT2D eigenvalue weighted by Crippen LogP contribution is 2.18. The van der Waals surface area contributed by atoms with Crippen molar-refractivity contribution >= 4 is 11.6 Å². The number of aryl methyl sites for hydroxylation is 2. The number of amides is 1. The summed E-state index contributed by atoms with van der Waals surface area (Å²) >= 11 is 0. The van der Waals surface area contributed by atoms with Crippen molar-refractivity contribution in [3.05, 3.63) is 65.2 Å². The molecule has 2 aromatic carbocycles. The van der Waals surface area contributed by atoms with Crippen molar-refractivity contribution < 1.29 is 4.79 Å². The highest BCUT2D eigenvalue weighted by Gasteiger charge is 2.22.